The number of benzene rings is 1. The summed E-state index contributed by atoms with van der Waals surface area (Å²) in [4.78, 5) is 26.1. The van der Waals surface area contributed by atoms with Crippen LogP contribution in [0.4, 0.5) is 8.78 Å². The Hall–Kier alpha value is -1.92. The molecule has 2 aromatic rings. The van der Waals surface area contributed by atoms with E-state index in [1.807, 2.05) is 23.8 Å². The van der Waals surface area contributed by atoms with Gasteiger partial charge in [-0.1, -0.05) is 19.3 Å². The maximum absolute atomic E-state index is 13.6. The van der Waals surface area contributed by atoms with E-state index in [4.69, 9.17) is 7.85 Å². The second kappa shape index (κ2) is 5.16. The zero-order valence-electron chi connectivity index (χ0n) is 10.1. The molecule has 0 fully saturated rings. The summed E-state index contributed by atoms with van der Waals surface area (Å²) in [7, 11) is 5.30. The lowest BCUT2D eigenvalue weighted by Crippen LogP contribution is -2.27. The van der Waals surface area contributed by atoms with Crippen molar-refractivity contribution in [1.82, 2.24) is 9.97 Å². The van der Waals surface area contributed by atoms with Gasteiger partial charge in [-0.3, -0.25) is 9.78 Å². The molecular weight excluding hydrogens is 241 g/mol. The highest BCUT2D eigenvalue weighted by Gasteiger charge is 2.17. The normalized spacial score (nSPS) is 10.1. The number of hydrogen-bond donors (Lipinski definition) is 2. The van der Waals surface area contributed by atoms with Gasteiger partial charge in [-0.2, -0.15) is 0 Å². The number of hydrogen-bond acceptors (Lipinski definition) is 2. The first-order chi connectivity index (χ1) is 8.43. The van der Waals surface area contributed by atoms with Crippen molar-refractivity contribution in [2.45, 2.75) is 20.8 Å². The molecule has 0 atom stereocenters. The monoisotopic (exact) mass is 252 g/mol. The molecule has 18 heavy (non-hydrogen) atoms. The number of fused-ring (bicyclic) bond motifs is 1. The summed E-state index contributed by atoms with van der Waals surface area (Å²) >= 11 is 0. The Morgan fingerprint density at radius 2 is 1.61 bits per heavy atom. The lowest BCUT2D eigenvalue weighted by Gasteiger charge is -2.07. The smallest absolute Gasteiger partial charge is 0.304 e. The maximum atomic E-state index is 13.6. The molecule has 0 spiro atoms. The minimum atomic E-state index is -1.00. The Bertz CT molecular complexity index is 707. The number of aromatic amines is 2. The van der Waals surface area contributed by atoms with Gasteiger partial charge < -0.3 is 4.98 Å². The lowest BCUT2D eigenvalue weighted by atomic mass is 9.89. The third-order valence-electron chi connectivity index (χ3n) is 2.35. The Morgan fingerprint density at radius 1 is 1.06 bits per heavy atom. The van der Waals surface area contributed by atoms with E-state index < -0.39 is 39.2 Å². The minimum absolute atomic E-state index is 0.164. The van der Waals surface area contributed by atoms with Gasteiger partial charge in [0.2, 0.25) is 0 Å². The zero-order valence-corrected chi connectivity index (χ0v) is 10.1. The SMILES string of the molecule is CC.[B]c1c(C)c(F)c2c(=O)[nH]c(=O)[nH]c2c1F. The summed E-state index contributed by atoms with van der Waals surface area (Å²) in [5, 5.41) is -0.538. The van der Waals surface area contributed by atoms with Crippen molar-refractivity contribution in [2.75, 3.05) is 0 Å². The third-order valence-corrected chi connectivity index (χ3v) is 2.35. The van der Waals surface area contributed by atoms with Crippen molar-refractivity contribution in [3.8, 4) is 0 Å². The van der Waals surface area contributed by atoms with E-state index in [9.17, 15) is 18.4 Å². The molecule has 2 rings (SSSR count). The van der Waals surface area contributed by atoms with Crippen molar-refractivity contribution >= 4 is 24.2 Å². The molecule has 94 valence electrons. The second-order valence-electron chi connectivity index (χ2n) is 3.32. The molecule has 0 aliphatic heterocycles. The van der Waals surface area contributed by atoms with E-state index in [1.54, 1.807) is 0 Å². The molecule has 0 bridgehead atoms. The number of nitrogens with one attached hydrogen (secondary N) is 2. The number of H-pyrrole nitrogens is 2. The van der Waals surface area contributed by atoms with Crippen molar-refractivity contribution in [3.63, 3.8) is 0 Å². The van der Waals surface area contributed by atoms with E-state index in [1.165, 1.54) is 6.92 Å². The molecule has 2 radical (unpaired) electrons. The summed E-state index contributed by atoms with van der Waals surface area (Å²) in [6.45, 7) is 5.25. The molecule has 1 aromatic carbocycles. The first-order valence-corrected chi connectivity index (χ1v) is 5.32. The van der Waals surface area contributed by atoms with E-state index in [2.05, 4.69) is 0 Å². The molecule has 4 nitrogen and oxygen atoms in total. The number of rotatable bonds is 0. The second-order valence-corrected chi connectivity index (χ2v) is 3.32. The number of halogens is 2. The quantitative estimate of drug-likeness (QED) is 0.675. The predicted octanol–water partition coefficient (Wildman–Crippen LogP) is 0.623. The van der Waals surface area contributed by atoms with Gasteiger partial charge in [0, 0.05) is 0 Å². The molecule has 1 heterocycles. The highest BCUT2D eigenvalue weighted by Crippen LogP contribution is 2.15. The Balaban J connectivity index is 0.000000771. The van der Waals surface area contributed by atoms with Crippen LogP contribution in [0.5, 0.6) is 0 Å². The lowest BCUT2D eigenvalue weighted by molar-refractivity contribution is 0.612. The molecule has 0 aliphatic rings. The van der Waals surface area contributed by atoms with Gasteiger partial charge >= 0.3 is 5.69 Å². The molecule has 0 saturated carbocycles. The van der Waals surface area contributed by atoms with Gasteiger partial charge in [0.15, 0.2) is 0 Å². The standard InChI is InChI=1S/C9H5BF2N2O2.C2H6/c1-2-4(10)6(12)7-3(5(2)11)8(15)14-9(16)13-7;1-2/h1H3,(H2,13,14,15,16);1-2H3. The van der Waals surface area contributed by atoms with Crippen LogP contribution in [0.25, 0.3) is 10.9 Å². The van der Waals surface area contributed by atoms with Crippen LogP contribution in [0.15, 0.2) is 9.59 Å². The Labute approximate surface area is 102 Å². The van der Waals surface area contributed by atoms with Crippen molar-refractivity contribution < 1.29 is 8.78 Å². The van der Waals surface area contributed by atoms with Crippen LogP contribution >= 0.6 is 0 Å². The number of aromatic nitrogens is 2. The van der Waals surface area contributed by atoms with Gasteiger partial charge in [0.05, 0.1) is 5.52 Å². The van der Waals surface area contributed by atoms with Crippen molar-refractivity contribution in [2.24, 2.45) is 0 Å². The van der Waals surface area contributed by atoms with Crippen molar-refractivity contribution in [3.05, 3.63) is 38.0 Å². The summed E-state index contributed by atoms with van der Waals surface area (Å²) < 4.78 is 27.2. The molecular formula is C11H11BF2N2O2. The maximum Gasteiger partial charge on any atom is 0.326 e. The van der Waals surface area contributed by atoms with Crippen LogP contribution in [-0.4, -0.2) is 17.8 Å². The molecule has 7 heteroatoms. The van der Waals surface area contributed by atoms with E-state index in [0.717, 1.165) is 0 Å². The Kier molecular flexibility index (Phi) is 4.05. The molecule has 0 unspecified atom stereocenters. The van der Waals surface area contributed by atoms with Gasteiger partial charge in [-0.25, -0.2) is 13.6 Å². The zero-order chi connectivity index (χ0) is 14.0. The fraction of sp³-hybridized carbons (Fsp3) is 0.273. The summed E-state index contributed by atoms with van der Waals surface area (Å²) in [6.07, 6.45) is 0. The summed E-state index contributed by atoms with van der Waals surface area (Å²) in [6, 6.07) is 0. The molecule has 2 N–H and O–H groups in total. The first-order valence-electron chi connectivity index (χ1n) is 5.32. The average molecular weight is 252 g/mol. The van der Waals surface area contributed by atoms with Crippen LogP contribution in [0.2, 0.25) is 0 Å². The first kappa shape index (κ1) is 14.1. The molecule has 0 aliphatic carbocycles. The predicted molar refractivity (Wildman–Crippen MR) is 66.6 cm³/mol. The topological polar surface area (TPSA) is 65.7 Å². The molecule has 0 saturated heterocycles. The van der Waals surface area contributed by atoms with Gasteiger partial charge in [0.1, 0.15) is 24.9 Å². The Morgan fingerprint density at radius 3 is 2.17 bits per heavy atom. The van der Waals surface area contributed by atoms with Gasteiger partial charge in [0.25, 0.3) is 5.56 Å². The molecule has 1 aromatic heterocycles. The molecule has 0 amide bonds. The summed E-state index contributed by atoms with van der Waals surface area (Å²) in [5.41, 5.74) is -3.01. The average Bonchev–Trinajstić information content (AvgIpc) is 2.35. The minimum Gasteiger partial charge on any atom is -0.304 e. The van der Waals surface area contributed by atoms with Crippen LogP contribution < -0.4 is 16.7 Å². The largest absolute Gasteiger partial charge is 0.326 e. The third kappa shape index (κ3) is 2.08. The highest BCUT2D eigenvalue weighted by molar-refractivity contribution is 6.34. The van der Waals surface area contributed by atoms with Crippen LogP contribution in [0.1, 0.15) is 19.4 Å². The van der Waals surface area contributed by atoms with Gasteiger partial charge in [-0.05, 0) is 12.5 Å². The van der Waals surface area contributed by atoms with E-state index in [0.29, 0.717) is 0 Å². The fourth-order valence-electron chi connectivity index (χ4n) is 1.47. The summed E-state index contributed by atoms with van der Waals surface area (Å²) in [5.74, 6) is -1.94. The van der Waals surface area contributed by atoms with Crippen LogP contribution in [0, 0.1) is 18.6 Å². The van der Waals surface area contributed by atoms with Crippen LogP contribution in [0.3, 0.4) is 0 Å². The van der Waals surface area contributed by atoms with Gasteiger partial charge in [-0.15, -0.1) is 0 Å². The fourth-order valence-corrected chi connectivity index (χ4v) is 1.47. The van der Waals surface area contributed by atoms with E-state index >= 15 is 0 Å². The van der Waals surface area contributed by atoms with E-state index in [-0.39, 0.29) is 5.56 Å². The van der Waals surface area contributed by atoms with Crippen molar-refractivity contribution in [1.29, 1.82) is 0 Å². The van der Waals surface area contributed by atoms with Crippen LogP contribution in [-0.2, 0) is 0 Å². The highest BCUT2D eigenvalue weighted by atomic mass is 19.1.